The molecule has 6 heteroatoms. The Balaban J connectivity index is 1.46. The zero-order chi connectivity index (χ0) is 28.5. The van der Waals surface area contributed by atoms with E-state index in [0.29, 0.717) is 24.3 Å². The van der Waals surface area contributed by atoms with Gasteiger partial charge in [0.2, 0.25) is 0 Å². The van der Waals surface area contributed by atoms with E-state index in [2.05, 4.69) is 38.1 Å². The lowest BCUT2D eigenvalue weighted by molar-refractivity contribution is -0.152. The molecule has 1 N–H and O–H groups in total. The third-order valence-electron chi connectivity index (χ3n) is 9.16. The van der Waals surface area contributed by atoms with Crippen LogP contribution >= 0.6 is 0 Å². The number of rotatable bonds is 4. The molecule has 0 aliphatic heterocycles. The molecular formula is C34H32O6. The molecule has 6 rings (SSSR count). The van der Waals surface area contributed by atoms with Crippen molar-refractivity contribution in [2.45, 2.75) is 46.5 Å². The molecule has 0 heterocycles. The van der Waals surface area contributed by atoms with Crippen LogP contribution < -0.4 is 0 Å². The minimum absolute atomic E-state index is 0.00842. The maximum absolute atomic E-state index is 13.9. The molecule has 3 aromatic rings. The van der Waals surface area contributed by atoms with Crippen molar-refractivity contribution in [1.29, 1.82) is 0 Å². The molecule has 2 saturated carbocycles. The van der Waals surface area contributed by atoms with E-state index in [1.165, 1.54) is 18.6 Å². The van der Waals surface area contributed by atoms with Gasteiger partial charge in [-0.1, -0.05) is 56.3 Å². The molecular weight excluding hydrogens is 504 g/mol. The van der Waals surface area contributed by atoms with Gasteiger partial charge in [-0.15, -0.1) is 0 Å². The highest BCUT2D eigenvalue weighted by molar-refractivity contribution is 6.28. The fourth-order valence-electron chi connectivity index (χ4n) is 7.59. The van der Waals surface area contributed by atoms with Crippen molar-refractivity contribution in [3.05, 3.63) is 65.2 Å². The first-order valence-electron chi connectivity index (χ1n) is 14.1. The average Bonchev–Trinajstić information content (AvgIpc) is 2.88. The predicted molar refractivity (Wildman–Crippen MR) is 150 cm³/mol. The molecule has 0 spiro atoms. The molecule has 3 aromatic carbocycles. The van der Waals surface area contributed by atoms with Crippen LogP contribution in [0.3, 0.4) is 0 Å². The minimum atomic E-state index is -1.42. The summed E-state index contributed by atoms with van der Waals surface area (Å²) >= 11 is 0. The van der Waals surface area contributed by atoms with Crippen LogP contribution in [0.5, 0.6) is 5.75 Å². The van der Waals surface area contributed by atoms with Gasteiger partial charge in [0.05, 0.1) is 17.4 Å². The minimum Gasteiger partial charge on any atom is -0.507 e. The lowest BCUT2D eigenvalue weighted by atomic mass is 9.55. The number of hydrogen-bond donors (Lipinski definition) is 1. The number of carbonyl (C=O) groups excluding carboxylic acids is 5. The summed E-state index contributed by atoms with van der Waals surface area (Å²) in [4.78, 5) is 65.5. The van der Waals surface area contributed by atoms with Gasteiger partial charge in [0, 0.05) is 6.42 Å². The monoisotopic (exact) mass is 536 g/mol. The second-order valence-corrected chi connectivity index (χ2v) is 12.2. The third-order valence-corrected chi connectivity index (χ3v) is 9.16. The Kier molecular flexibility index (Phi) is 6.32. The van der Waals surface area contributed by atoms with E-state index in [4.69, 9.17) is 0 Å². The van der Waals surface area contributed by atoms with Gasteiger partial charge in [-0.05, 0) is 83.0 Å². The molecule has 0 amide bonds. The van der Waals surface area contributed by atoms with Crippen LogP contribution in [0.4, 0.5) is 0 Å². The van der Waals surface area contributed by atoms with Crippen LogP contribution in [0.2, 0.25) is 0 Å². The zero-order valence-corrected chi connectivity index (χ0v) is 22.9. The van der Waals surface area contributed by atoms with Crippen molar-refractivity contribution < 1.29 is 29.1 Å². The first-order valence-corrected chi connectivity index (χ1v) is 14.1. The largest absolute Gasteiger partial charge is 0.507 e. The molecule has 0 radical (unpaired) electrons. The molecule has 204 valence electrons. The molecule has 40 heavy (non-hydrogen) atoms. The number of carbonyl (C=O) groups is 5. The molecule has 5 unspecified atom stereocenters. The Morgan fingerprint density at radius 2 is 1.52 bits per heavy atom. The SMILES string of the molecule is CC(=O)C1C(=O)CC2CC3Cc4c(-c5ccc(CC(C)C)c6ccccc56)ccc(O)c4C(=O)C3C(=O)C2C1=O. The molecule has 0 bridgehead atoms. The van der Waals surface area contributed by atoms with E-state index < -0.39 is 52.6 Å². The normalized spacial score (nSPS) is 26.1. The number of Topliss-reactive ketones (excluding diaryl/α,β-unsaturated/α-hetero) is 5. The van der Waals surface area contributed by atoms with Gasteiger partial charge >= 0.3 is 0 Å². The molecule has 5 atom stereocenters. The van der Waals surface area contributed by atoms with Crippen LogP contribution in [0.15, 0.2) is 48.5 Å². The molecule has 0 aromatic heterocycles. The van der Waals surface area contributed by atoms with Crippen LogP contribution in [0.1, 0.15) is 55.1 Å². The van der Waals surface area contributed by atoms with Crippen molar-refractivity contribution in [3.8, 4) is 16.9 Å². The predicted octanol–water partition coefficient (Wildman–Crippen LogP) is 5.33. The topological polar surface area (TPSA) is 106 Å². The summed E-state index contributed by atoms with van der Waals surface area (Å²) in [5.41, 5.74) is 3.89. The number of benzene rings is 3. The summed E-state index contributed by atoms with van der Waals surface area (Å²) in [5.74, 6) is -6.81. The highest BCUT2D eigenvalue weighted by atomic mass is 16.3. The molecule has 0 saturated heterocycles. The fraction of sp³-hybridized carbons (Fsp3) is 0.382. The van der Waals surface area contributed by atoms with Gasteiger partial charge in [-0.2, -0.15) is 0 Å². The molecule has 2 fully saturated rings. The van der Waals surface area contributed by atoms with Gasteiger partial charge in [-0.3, -0.25) is 24.0 Å². The molecule has 3 aliphatic rings. The highest BCUT2D eigenvalue weighted by Crippen LogP contribution is 2.50. The van der Waals surface area contributed by atoms with Crippen LogP contribution in [-0.2, 0) is 32.0 Å². The fourth-order valence-corrected chi connectivity index (χ4v) is 7.59. The average molecular weight is 537 g/mol. The second kappa shape index (κ2) is 9.61. The third kappa shape index (κ3) is 3.95. The quantitative estimate of drug-likeness (QED) is 0.452. The van der Waals surface area contributed by atoms with Crippen molar-refractivity contribution in [1.82, 2.24) is 0 Å². The van der Waals surface area contributed by atoms with Gasteiger partial charge < -0.3 is 5.11 Å². The van der Waals surface area contributed by atoms with Crippen LogP contribution in [-0.4, -0.2) is 34.0 Å². The van der Waals surface area contributed by atoms with E-state index in [0.717, 1.165) is 28.3 Å². The Labute approximate surface area is 232 Å². The van der Waals surface area contributed by atoms with E-state index in [1.54, 1.807) is 0 Å². The Morgan fingerprint density at radius 1 is 0.850 bits per heavy atom. The van der Waals surface area contributed by atoms with E-state index in [1.807, 2.05) is 18.2 Å². The molecule has 6 nitrogen and oxygen atoms in total. The maximum atomic E-state index is 13.9. The van der Waals surface area contributed by atoms with E-state index in [-0.39, 0.29) is 23.7 Å². The first-order chi connectivity index (χ1) is 19.1. The van der Waals surface area contributed by atoms with Gasteiger partial charge in [-0.25, -0.2) is 0 Å². The molecule has 3 aliphatic carbocycles. The summed E-state index contributed by atoms with van der Waals surface area (Å²) < 4.78 is 0. The van der Waals surface area contributed by atoms with Gasteiger partial charge in [0.15, 0.2) is 23.1 Å². The lowest BCUT2D eigenvalue weighted by Gasteiger charge is -2.44. The number of ketones is 5. The lowest BCUT2D eigenvalue weighted by Crippen LogP contribution is -2.55. The first kappa shape index (κ1) is 26.3. The number of phenolic OH excluding ortho intramolecular Hbond substituents is 1. The Bertz CT molecular complexity index is 1630. The van der Waals surface area contributed by atoms with Crippen LogP contribution in [0.25, 0.3) is 21.9 Å². The van der Waals surface area contributed by atoms with E-state index >= 15 is 0 Å². The van der Waals surface area contributed by atoms with Crippen molar-refractivity contribution in [2.75, 3.05) is 0 Å². The van der Waals surface area contributed by atoms with Crippen molar-refractivity contribution in [3.63, 3.8) is 0 Å². The number of hydrogen-bond acceptors (Lipinski definition) is 6. The smallest absolute Gasteiger partial charge is 0.177 e. The highest BCUT2D eigenvalue weighted by Gasteiger charge is 2.57. The maximum Gasteiger partial charge on any atom is 0.177 e. The van der Waals surface area contributed by atoms with Gasteiger partial charge in [0.1, 0.15) is 17.5 Å². The number of fused-ring (bicyclic) bond motifs is 4. The summed E-state index contributed by atoms with van der Waals surface area (Å²) in [6.45, 7) is 5.56. The Morgan fingerprint density at radius 3 is 2.23 bits per heavy atom. The van der Waals surface area contributed by atoms with Crippen LogP contribution in [0, 0.1) is 35.5 Å². The van der Waals surface area contributed by atoms with E-state index in [9.17, 15) is 29.1 Å². The summed E-state index contributed by atoms with van der Waals surface area (Å²) in [5, 5.41) is 13.1. The Hall–Kier alpha value is -3.93. The second-order valence-electron chi connectivity index (χ2n) is 12.2. The number of phenols is 1. The summed E-state index contributed by atoms with van der Waals surface area (Å²) in [7, 11) is 0. The number of aromatic hydroxyl groups is 1. The van der Waals surface area contributed by atoms with Crippen molar-refractivity contribution >= 4 is 39.7 Å². The summed E-state index contributed by atoms with van der Waals surface area (Å²) in [6.07, 6.45) is 1.68. The van der Waals surface area contributed by atoms with Crippen molar-refractivity contribution in [2.24, 2.45) is 35.5 Å². The summed E-state index contributed by atoms with van der Waals surface area (Å²) in [6, 6.07) is 15.7. The zero-order valence-electron chi connectivity index (χ0n) is 22.9. The van der Waals surface area contributed by atoms with Gasteiger partial charge in [0.25, 0.3) is 0 Å². The standard InChI is InChI=1S/C34H32O6/c1-16(2)12-18-8-9-23(22-7-5-4-6-21(18)22)24-10-11-26(36)31-25(24)14-19-13-20-15-27(37)28(17(3)35)32(38)30(20)33(39)29(19)34(31)40/h4-11,16,19-20,28-30,36H,12-15H2,1-3H3.